The molecule has 4 heteroatoms. The van der Waals surface area contributed by atoms with Crippen molar-refractivity contribution in [1.82, 2.24) is 10.2 Å². The lowest BCUT2D eigenvalue weighted by atomic mass is 9.48. The molecule has 26 heavy (non-hydrogen) atoms. The van der Waals surface area contributed by atoms with Crippen molar-refractivity contribution in [2.45, 2.75) is 77.2 Å². The van der Waals surface area contributed by atoms with Crippen molar-refractivity contribution in [2.75, 3.05) is 13.1 Å². The number of rotatable bonds is 4. The number of likely N-dealkylation sites (tertiary alicyclic amines) is 1. The molecule has 5 saturated carbocycles. The van der Waals surface area contributed by atoms with Crippen LogP contribution in [0, 0.1) is 35.0 Å². The van der Waals surface area contributed by atoms with Gasteiger partial charge in [0.1, 0.15) is 0 Å². The molecule has 0 unspecified atom stereocenters. The molecule has 0 radical (unpaired) electrons. The van der Waals surface area contributed by atoms with Crippen LogP contribution >= 0.6 is 0 Å². The molecule has 4 nitrogen and oxygen atoms in total. The Hall–Kier alpha value is -1.06. The zero-order valence-corrected chi connectivity index (χ0v) is 16.2. The van der Waals surface area contributed by atoms with Gasteiger partial charge in [0.25, 0.3) is 0 Å². The van der Waals surface area contributed by atoms with Gasteiger partial charge in [-0.15, -0.1) is 0 Å². The first kappa shape index (κ1) is 17.1. The van der Waals surface area contributed by atoms with Crippen molar-refractivity contribution in [3.8, 4) is 0 Å². The van der Waals surface area contributed by atoms with Gasteiger partial charge in [-0.25, -0.2) is 0 Å². The summed E-state index contributed by atoms with van der Waals surface area (Å²) in [5, 5.41) is 3.44. The van der Waals surface area contributed by atoms with Crippen LogP contribution in [0.15, 0.2) is 0 Å². The molecule has 0 aromatic rings. The fourth-order valence-corrected chi connectivity index (χ4v) is 7.14. The summed E-state index contributed by atoms with van der Waals surface area (Å²) in [4.78, 5) is 27.1. The topological polar surface area (TPSA) is 49.4 Å². The number of nitrogens with zero attached hydrogens (tertiary/aromatic N) is 1. The standard InChI is InChI=1S/C22H34N2O2/c1-14(22-11-15-8-16(12-22)10-17(9-15)13-22)23-20(25)18-4-6-24(7-5-18)21(26)19-2-3-19/h14-19H,2-13H2,1H3,(H,23,25)/t14-,15?,16?,17?,22?/m1/s1. The molecule has 1 atom stereocenters. The average Bonchev–Trinajstić information content (AvgIpc) is 3.45. The Kier molecular flexibility index (Phi) is 4.09. The SMILES string of the molecule is C[C@@H](NC(=O)C1CCN(C(=O)C2CC2)CC1)C12CC3CC(CC(C3)C1)C2. The minimum Gasteiger partial charge on any atom is -0.353 e. The molecule has 0 aromatic carbocycles. The van der Waals surface area contributed by atoms with Crippen molar-refractivity contribution in [3.63, 3.8) is 0 Å². The smallest absolute Gasteiger partial charge is 0.225 e. The summed E-state index contributed by atoms with van der Waals surface area (Å²) in [7, 11) is 0. The third-order valence-electron chi connectivity index (χ3n) is 8.47. The Balaban J connectivity index is 1.16. The predicted molar refractivity (Wildman–Crippen MR) is 100 cm³/mol. The third kappa shape index (κ3) is 2.97. The lowest BCUT2D eigenvalue weighted by molar-refractivity contribution is -0.138. The molecule has 1 N–H and O–H groups in total. The van der Waals surface area contributed by atoms with Crippen LogP contribution in [0.1, 0.15) is 71.1 Å². The average molecular weight is 359 g/mol. The quantitative estimate of drug-likeness (QED) is 0.838. The van der Waals surface area contributed by atoms with Crippen LogP contribution in [0.4, 0.5) is 0 Å². The molecule has 0 aromatic heterocycles. The van der Waals surface area contributed by atoms with Crippen LogP contribution in [0.3, 0.4) is 0 Å². The van der Waals surface area contributed by atoms with Gasteiger partial charge >= 0.3 is 0 Å². The fourth-order valence-electron chi connectivity index (χ4n) is 7.14. The van der Waals surface area contributed by atoms with Crippen LogP contribution in [0.25, 0.3) is 0 Å². The van der Waals surface area contributed by atoms with E-state index in [0.717, 1.165) is 56.5 Å². The molecular weight excluding hydrogens is 324 g/mol. The maximum Gasteiger partial charge on any atom is 0.225 e. The zero-order chi connectivity index (χ0) is 17.9. The minimum atomic E-state index is 0.106. The van der Waals surface area contributed by atoms with E-state index in [4.69, 9.17) is 0 Å². The van der Waals surface area contributed by atoms with E-state index in [-0.39, 0.29) is 11.8 Å². The van der Waals surface area contributed by atoms with Crippen LogP contribution < -0.4 is 5.32 Å². The highest BCUT2D eigenvalue weighted by molar-refractivity contribution is 5.82. The van der Waals surface area contributed by atoms with E-state index < -0.39 is 0 Å². The number of carbonyl (C=O) groups is 2. The molecule has 5 aliphatic carbocycles. The monoisotopic (exact) mass is 358 g/mol. The van der Waals surface area contributed by atoms with Crippen LogP contribution in [-0.2, 0) is 9.59 Å². The maximum absolute atomic E-state index is 12.9. The van der Waals surface area contributed by atoms with Crippen molar-refractivity contribution in [2.24, 2.45) is 35.0 Å². The Morgan fingerprint density at radius 2 is 1.42 bits per heavy atom. The summed E-state index contributed by atoms with van der Waals surface area (Å²) < 4.78 is 0. The fraction of sp³-hybridized carbons (Fsp3) is 0.909. The van der Waals surface area contributed by atoms with Gasteiger partial charge in [-0.1, -0.05) is 0 Å². The van der Waals surface area contributed by atoms with E-state index in [1.54, 1.807) is 0 Å². The van der Waals surface area contributed by atoms with Gasteiger partial charge in [0.15, 0.2) is 0 Å². The first-order chi connectivity index (χ1) is 12.5. The van der Waals surface area contributed by atoms with Crippen LogP contribution in [-0.4, -0.2) is 35.8 Å². The van der Waals surface area contributed by atoms with Crippen LogP contribution in [0.5, 0.6) is 0 Å². The van der Waals surface area contributed by atoms with Crippen molar-refractivity contribution < 1.29 is 9.59 Å². The molecule has 1 saturated heterocycles. The van der Waals surface area contributed by atoms with Crippen molar-refractivity contribution in [1.29, 1.82) is 0 Å². The summed E-state index contributed by atoms with van der Waals surface area (Å²) in [5.41, 5.74) is 0.382. The van der Waals surface area contributed by atoms with Gasteiger partial charge < -0.3 is 10.2 Å². The van der Waals surface area contributed by atoms with Gasteiger partial charge in [0.05, 0.1) is 0 Å². The highest BCUT2D eigenvalue weighted by atomic mass is 16.2. The number of amides is 2. The second-order valence-corrected chi connectivity index (χ2v) is 10.4. The maximum atomic E-state index is 12.9. The normalized spacial score (nSPS) is 40.5. The summed E-state index contributed by atoms with van der Waals surface area (Å²) in [6.45, 7) is 3.83. The first-order valence-electron chi connectivity index (χ1n) is 11.1. The molecule has 4 bridgehead atoms. The number of hydrogen-bond acceptors (Lipinski definition) is 2. The Labute approximate surface area is 157 Å². The highest BCUT2D eigenvalue weighted by Gasteiger charge is 2.53. The molecule has 144 valence electrons. The molecule has 1 heterocycles. The molecule has 0 spiro atoms. The number of hydrogen-bond donors (Lipinski definition) is 1. The number of carbonyl (C=O) groups excluding carboxylic acids is 2. The largest absolute Gasteiger partial charge is 0.353 e. The molecule has 1 aliphatic heterocycles. The van der Waals surface area contributed by atoms with E-state index >= 15 is 0 Å². The van der Waals surface area contributed by atoms with Crippen molar-refractivity contribution >= 4 is 11.8 Å². The first-order valence-corrected chi connectivity index (χ1v) is 11.1. The molecule has 6 aliphatic rings. The Morgan fingerprint density at radius 3 is 1.92 bits per heavy atom. The van der Waals surface area contributed by atoms with E-state index in [0.29, 0.717) is 23.3 Å². The van der Waals surface area contributed by atoms with Gasteiger partial charge in [-0.2, -0.15) is 0 Å². The predicted octanol–water partition coefficient (Wildman–Crippen LogP) is 3.36. The summed E-state index contributed by atoms with van der Waals surface area (Å²) in [6.07, 6.45) is 12.2. The van der Waals surface area contributed by atoms with Gasteiger partial charge in [-0.3, -0.25) is 9.59 Å². The molecule has 6 fully saturated rings. The molecule has 6 rings (SSSR count). The summed E-state index contributed by atoms with van der Waals surface area (Å²) in [5.74, 6) is 3.79. The third-order valence-corrected chi connectivity index (χ3v) is 8.47. The van der Waals surface area contributed by atoms with E-state index in [1.807, 2.05) is 4.90 Å². The Bertz CT molecular complexity index is 554. The zero-order valence-electron chi connectivity index (χ0n) is 16.2. The summed E-state index contributed by atoms with van der Waals surface area (Å²) in [6, 6.07) is 0.314. The van der Waals surface area contributed by atoms with E-state index in [2.05, 4.69) is 12.2 Å². The number of nitrogens with one attached hydrogen (secondary N) is 1. The minimum absolute atomic E-state index is 0.106. The number of piperidine rings is 1. The van der Waals surface area contributed by atoms with Gasteiger partial charge in [-0.05, 0) is 94.3 Å². The second-order valence-electron chi connectivity index (χ2n) is 10.4. The lowest BCUT2D eigenvalue weighted by Gasteiger charge is -2.59. The van der Waals surface area contributed by atoms with E-state index in [1.165, 1.54) is 38.5 Å². The van der Waals surface area contributed by atoms with Gasteiger partial charge in [0.2, 0.25) is 11.8 Å². The Morgan fingerprint density at radius 1 is 0.885 bits per heavy atom. The molecular formula is C22H34N2O2. The second kappa shape index (κ2) is 6.24. The van der Waals surface area contributed by atoms with Crippen LogP contribution in [0.2, 0.25) is 0 Å². The molecule has 2 amide bonds. The summed E-state index contributed by atoms with van der Waals surface area (Å²) >= 11 is 0. The van der Waals surface area contributed by atoms with Gasteiger partial charge in [0, 0.05) is 31.0 Å². The lowest BCUT2D eigenvalue weighted by Crippen LogP contribution is -2.57. The highest BCUT2D eigenvalue weighted by Crippen LogP contribution is 2.61. The van der Waals surface area contributed by atoms with Crippen molar-refractivity contribution in [3.05, 3.63) is 0 Å². The van der Waals surface area contributed by atoms with E-state index in [9.17, 15) is 9.59 Å².